The second-order valence-corrected chi connectivity index (χ2v) is 6.95. The first-order valence-corrected chi connectivity index (χ1v) is 7.98. The van der Waals surface area contributed by atoms with E-state index in [1.54, 1.807) is 6.07 Å². The Morgan fingerprint density at radius 2 is 2.19 bits per heavy atom. The zero-order valence-corrected chi connectivity index (χ0v) is 12.2. The van der Waals surface area contributed by atoms with Crippen LogP contribution in [0.3, 0.4) is 0 Å². The Hall–Kier alpha value is -1.42. The van der Waals surface area contributed by atoms with Crippen LogP contribution in [0.4, 0.5) is 10.1 Å². The number of carbonyl (C=O) groups is 1. The van der Waals surface area contributed by atoms with Crippen molar-refractivity contribution in [3.05, 3.63) is 29.6 Å². The molecule has 4 rings (SSSR count). The number of hydrogen-bond acceptors (Lipinski definition) is 2. The Kier molecular flexibility index (Phi) is 3.03. The van der Waals surface area contributed by atoms with E-state index < -0.39 is 0 Å². The number of rotatable bonds is 3. The van der Waals surface area contributed by atoms with Gasteiger partial charge in [-0.25, -0.2) is 4.39 Å². The van der Waals surface area contributed by atoms with E-state index in [4.69, 9.17) is 0 Å². The van der Waals surface area contributed by atoms with Crippen LogP contribution in [0.15, 0.2) is 18.2 Å². The molecule has 2 N–H and O–H groups in total. The van der Waals surface area contributed by atoms with Gasteiger partial charge in [0.2, 0.25) is 5.91 Å². The zero-order valence-electron chi connectivity index (χ0n) is 12.2. The van der Waals surface area contributed by atoms with Gasteiger partial charge in [-0.15, -0.1) is 0 Å². The topological polar surface area (TPSA) is 41.1 Å². The van der Waals surface area contributed by atoms with Gasteiger partial charge in [0.05, 0.1) is 0 Å². The summed E-state index contributed by atoms with van der Waals surface area (Å²) in [6.07, 6.45) is 5.40. The van der Waals surface area contributed by atoms with Gasteiger partial charge in [-0.1, -0.05) is 12.5 Å². The quantitative estimate of drug-likeness (QED) is 0.896. The van der Waals surface area contributed by atoms with E-state index in [9.17, 15) is 9.18 Å². The van der Waals surface area contributed by atoms with Gasteiger partial charge >= 0.3 is 0 Å². The van der Waals surface area contributed by atoms with Crippen molar-refractivity contribution in [2.45, 2.75) is 44.7 Å². The molecule has 5 unspecified atom stereocenters. The third-order valence-corrected chi connectivity index (χ3v) is 5.71. The number of amides is 1. The van der Waals surface area contributed by atoms with Crippen LogP contribution in [0, 0.1) is 23.6 Å². The Bertz CT molecular complexity index is 588. The number of anilines is 1. The van der Waals surface area contributed by atoms with Crippen LogP contribution in [0.25, 0.3) is 0 Å². The van der Waals surface area contributed by atoms with Crippen molar-refractivity contribution < 1.29 is 9.18 Å². The van der Waals surface area contributed by atoms with Gasteiger partial charge < -0.3 is 5.32 Å². The van der Waals surface area contributed by atoms with Crippen LogP contribution in [-0.2, 0) is 4.79 Å². The largest absolute Gasteiger partial charge is 0.324 e. The number of halogens is 1. The fraction of sp³-hybridized carbons (Fsp3) is 0.588. The molecule has 112 valence electrons. The first kappa shape index (κ1) is 13.3. The van der Waals surface area contributed by atoms with Crippen molar-refractivity contribution in [1.29, 1.82) is 0 Å². The molecule has 0 aromatic heterocycles. The first-order chi connectivity index (χ1) is 10.1. The van der Waals surface area contributed by atoms with Crippen LogP contribution in [-0.4, -0.2) is 11.9 Å². The summed E-state index contributed by atoms with van der Waals surface area (Å²) in [6.45, 7) is 2.19. The molecule has 0 saturated heterocycles. The summed E-state index contributed by atoms with van der Waals surface area (Å²) in [5.74, 6) is 2.04. The molecule has 1 amide bonds. The smallest absolute Gasteiger partial charge is 0.246 e. The summed E-state index contributed by atoms with van der Waals surface area (Å²) in [5, 5.41) is 6.27. The fourth-order valence-electron chi connectivity index (χ4n) is 4.69. The van der Waals surface area contributed by atoms with Crippen molar-refractivity contribution >= 4 is 11.6 Å². The van der Waals surface area contributed by atoms with E-state index in [-0.39, 0.29) is 17.8 Å². The van der Waals surface area contributed by atoms with Gasteiger partial charge in [0.1, 0.15) is 11.9 Å². The highest BCUT2D eigenvalue weighted by molar-refractivity contribution is 6.02. The average molecular weight is 288 g/mol. The highest BCUT2D eigenvalue weighted by Crippen LogP contribution is 2.49. The van der Waals surface area contributed by atoms with Crippen LogP contribution < -0.4 is 10.6 Å². The summed E-state index contributed by atoms with van der Waals surface area (Å²) >= 11 is 0. The monoisotopic (exact) mass is 288 g/mol. The molecular formula is C17H21FN2O. The van der Waals surface area contributed by atoms with Crippen LogP contribution >= 0.6 is 0 Å². The highest BCUT2D eigenvalue weighted by Gasteiger charge is 2.43. The van der Waals surface area contributed by atoms with E-state index in [1.165, 1.54) is 37.8 Å². The molecule has 2 aliphatic carbocycles. The lowest BCUT2D eigenvalue weighted by Crippen LogP contribution is -2.40. The minimum absolute atomic E-state index is 0.0643. The van der Waals surface area contributed by atoms with Gasteiger partial charge in [-0.2, -0.15) is 0 Å². The van der Waals surface area contributed by atoms with Crippen molar-refractivity contribution in [3.63, 3.8) is 0 Å². The predicted octanol–water partition coefficient (Wildman–Crippen LogP) is 3.23. The average Bonchev–Trinajstić information content (AvgIpc) is 3.13. The summed E-state index contributed by atoms with van der Waals surface area (Å²) in [5.41, 5.74) is 1.48. The predicted molar refractivity (Wildman–Crippen MR) is 79.3 cm³/mol. The number of benzene rings is 1. The first-order valence-electron chi connectivity index (χ1n) is 7.98. The van der Waals surface area contributed by atoms with Crippen molar-refractivity contribution in [2.75, 3.05) is 5.32 Å². The minimum Gasteiger partial charge on any atom is -0.324 e. The molecule has 4 heteroatoms. The van der Waals surface area contributed by atoms with E-state index >= 15 is 0 Å². The molecule has 5 atom stereocenters. The van der Waals surface area contributed by atoms with Crippen LogP contribution in [0.2, 0.25) is 0 Å². The lowest BCUT2D eigenvalue weighted by Gasteiger charge is -2.30. The van der Waals surface area contributed by atoms with Gasteiger partial charge in [0.15, 0.2) is 0 Å². The third kappa shape index (κ3) is 2.16. The maximum Gasteiger partial charge on any atom is 0.246 e. The van der Waals surface area contributed by atoms with Gasteiger partial charge in [-0.05, 0) is 56.1 Å². The SMILES string of the molecule is CC(NC1C(=O)Nc2cc(F)ccc21)C1CC2CCC1C2. The molecule has 3 nitrogen and oxygen atoms in total. The molecule has 1 aromatic carbocycles. The second-order valence-electron chi connectivity index (χ2n) is 6.95. The maximum atomic E-state index is 13.3. The lowest BCUT2D eigenvalue weighted by atomic mass is 9.83. The van der Waals surface area contributed by atoms with E-state index in [0.717, 1.165) is 17.4 Å². The summed E-state index contributed by atoms with van der Waals surface area (Å²) in [4.78, 5) is 12.2. The lowest BCUT2D eigenvalue weighted by molar-refractivity contribution is -0.118. The van der Waals surface area contributed by atoms with Gasteiger partial charge in [-0.3, -0.25) is 10.1 Å². The van der Waals surface area contributed by atoms with E-state index in [1.807, 2.05) is 0 Å². The molecule has 0 radical (unpaired) electrons. The fourth-order valence-corrected chi connectivity index (χ4v) is 4.69. The summed E-state index contributed by atoms with van der Waals surface area (Å²) < 4.78 is 13.3. The normalized spacial score (nSPS) is 34.9. The Morgan fingerprint density at radius 1 is 1.33 bits per heavy atom. The van der Waals surface area contributed by atoms with Gasteiger partial charge in [0, 0.05) is 17.3 Å². The molecule has 2 fully saturated rings. The Balaban J connectivity index is 1.51. The number of nitrogens with one attached hydrogen (secondary N) is 2. The molecule has 0 spiro atoms. The van der Waals surface area contributed by atoms with Crippen molar-refractivity contribution in [1.82, 2.24) is 5.32 Å². The van der Waals surface area contributed by atoms with E-state index in [2.05, 4.69) is 17.6 Å². The summed E-state index contributed by atoms with van der Waals surface area (Å²) in [6, 6.07) is 4.53. The molecular weight excluding hydrogens is 267 g/mol. The zero-order chi connectivity index (χ0) is 14.6. The molecule has 1 aliphatic heterocycles. The van der Waals surface area contributed by atoms with Crippen LogP contribution in [0.1, 0.15) is 44.2 Å². The minimum atomic E-state index is -0.338. The maximum absolute atomic E-state index is 13.3. The standard InChI is InChI=1S/C17H21FN2O/c1-9(14-7-10-2-3-11(14)6-10)19-16-13-5-4-12(18)8-15(13)20-17(16)21/h4-5,8-11,14,16,19H,2-3,6-7H2,1H3,(H,20,21). The van der Waals surface area contributed by atoms with E-state index in [0.29, 0.717) is 17.6 Å². The Morgan fingerprint density at radius 3 is 2.90 bits per heavy atom. The molecule has 3 aliphatic rings. The molecule has 2 bridgehead atoms. The molecule has 21 heavy (non-hydrogen) atoms. The van der Waals surface area contributed by atoms with Crippen molar-refractivity contribution in [3.8, 4) is 0 Å². The summed E-state index contributed by atoms with van der Waals surface area (Å²) in [7, 11) is 0. The number of hydrogen-bond donors (Lipinski definition) is 2. The highest BCUT2D eigenvalue weighted by atomic mass is 19.1. The number of fused-ring (bicyclic) bond motifs is 3. The Labute approximate surface area is 124 Å². The van der Waals surface area contributed by atoms with Crippen LogP contribution in [0.5, 0.6) is 0 Å². The molecule has 2 saturated carbocycles. The second kappa shape index (κ2) is 4.80. The van der Waals surface area contributed by atoms with Crippen molar-refractivity contribution in [2.24, 2.45) is 17.8 Å². The molecule has 1 heterocycles. The number of carbonyl (C=O) groups excluding carboxylic acids is 1. The van der Waals surface area contributed by atoms with Gasteiger partial charge in [0.25, 0.3) is 0 Å². The molecule has 1 aromatic rings. The third-order valence-electron chi connectivity index (χ3n) is 5.71.